The van der Waals surface area contributed by atoms with Gasteiger partial charge < -0.3 is 5.73 Å². The van der Waals surface area contributed by atoms with Gasteiger partial charge in [-0.15, -0.1) is 0 Å². The Hall–Kier alpha value is -0.860. The predicted octanol–water partition coefficient (Wildman–Crippen LogP) is 2.94. The molecule has 18 heavy (non-hydrogen) atoms. The van der Waals surface area contributed by atoms with Gasteiger partial charge in [-0.2, -0.15) is 0 Å². The molecule has 0 aliphatic carbocycles. The van der Waals surface area contributed by atoms with E-state index in [9.17, 15) is 0 Å². The third-order valence-corrected chi connectivity index (χ3v) is 4.43. The molecule has 0 aromatic heterocycles. The largest absolute Gasteiger partial charge is 0.329 e. The second kappa shape index (κ2) is 6.35. The molecule has 1 aromatic rings. The Morgan fingerprint density at radius 1 is 1.33 bits per heavy atom. The standard InChI is InChI=1S/C16H26N2/c1-3-14-8-9-18(16(10-14)11-17)12-15-7-5-4-6-13(15)2/h4-7,14,16H,3,8-12,17H2,1-2H3. The van der Waals surface area contributed by atoms with E-state index < -0.39 is 0 Å². The molecule has 2 nitrogen and oxygen atoms in total. The van der Waals surface area contributed by atoms with Gasteiger partial charge in [0.15, 0.2) is 0 Å². The van der Waals surface area contributed by atoms with Crippen molar-refractivity contribution in [3.8, 4) is 0 Å². The van der Waals surface area contributed by atoms with Crippen LogP contribution < -0.4 is 5.73 Å². The third kappa shape index (κ3) is 3.12. The molecule has 1 heterocycles. The van der Waals surface area contributed by atoms with Crippen molar-refractivity contribution in [1.82, 2.24) is 4.90 Å². The third-order valence-electron chi connectivity index (χ3n) is 4.43. The quantitative estimate of drug-likeness (QED) is 0.885. The van der Waals surface area contributed by atoms with Crippen LogP contribution in [0.2, 0.25) is 0 Å². The molecule has 0 radical (unpaired) electrons. The minimum absolute atomic E-state index is 0.573. The highest BCUT2D eigenvalue weighted by atomic mass is 15.2. The van der Waals surface area contributed by atoms with Crippen LogP contribution in [0.1, 0.15) is 37.3 Å². The van der Waals surface area contributed by atoms with E-state index in [1.807, 2.05) is 0 Å². The predicted molar refractivity (Wildman–Crippen MR) is 77.4 cm³/mol. The zero-order chi connectivity index (χ0) is 13.0. The molecule has 1 aliphatic heterocycles. The number of hydrogen-bond donors (Lipinski definition) is 1. The van der Waals surface area contributed by atoms with Crippen LogP contribution in [0.15, 0.2) is 24.3 Å². The molecule has 0 spiro atoms. The molecule has 0 amide bonds. The summed E-state index contributed by atoms with van der Waals surface area (Å²) in [5.74, 6) is 0.881. The first-order chi connectivity index (χ1) is 8.74. The molecule has 1 aromatic carbocycles. The Bertz CT molecular complexity index is 375. The van der Waals surface area contributed by atoms with Gasteiger partial charge in [-0.3, -0.25) is 4.90 Å². The molecule has 2 unspecified atom stereocenters. The summed E-state index contributed by atoms with van der Waals surface area (Å²) in [7, 11) is 0. The average molecular weight is 246 g/mol. The minimum Gasteiger partial charge on any atom is -0.329 e. The van der Waals surface area contributed by atoms with Crippen LogP contribution >= 0.6 is 0 Å². The lowest BCUT2D eigenvalue weighted by molar-refractivity contribution is 0.107. The van der Waals surface area contributed by atoms with Gasteiger partial charge in [-0.1, -0.05) is 37.6 Å². The molecule has 100 valence electrons. The van der Waals surface area contributed by atoms with Gasteiger partial charge in [0.25, 0.3) is 0 Å². The lowest BCUT2D eigenvalue weighted by Crippen LogP contribution is -2.46. The molecule has 2 rings (SSSR count). The summed E-state index contributed by atoms with van der Waals surface area (Å²) in [5, 5.41) is 0. The summed E-state index contributed by atoms with van der Waals surface area (Å²) < 4.78 is 0. The van der Waals surface area contributed by atoms with E-state index in [0.717, 1.165) is 19.0 Å². The minimum atomic E-state index is 0.573. The zero-order valence-corrected chi connectivity index (χ0v) is 11.7. The molecule has 2 heteroatoms. The maximum atomic E-state index is 5.96. The van der Waals surface area contributed by atoms with Crippen molar-refractivity contribution >= 4 is 0 Å². The number of aryl methyl sites for hydroxylation is 1. The van der Waals surface area contributed by atoms with E-state index in [-0.39, 0.29) is 0 Å². The zero-order valence-electron chi connectivity index (χ0n) is 11.7. The van der Waals surface area contributed by atoms with Gasteiger partial charge in [-0.05, 0) is 43.4 Å². The van der Waals surface area contributed by atoms with Crippen molar-refractivity contribution in [2.75, 3.05) is 13.1 Å². The number of likely N-dealkylation sites (tertiary alicyclic amines) is 1. The SMILES string of the molecule is CCC1CCN(Cc2ccccc2C)C(CN)C1. The van der Waals surface area contributed by atoms with Gasteiger partial charge in [0.05, 0.1) is 0 Å². The normalized spacial score (nSPS) is 25.3. The average Bonchev–Trinajstić information content (AvgIpc) is 2.41. The molecule has 1 fully saturated rings. The van der Waals surface area contributed by atoms with E-state index in [1.54, 1.807) is 0 Å². The Kier molecular flexibility index (Phi) is 4.79. The topological polar surface area (TPSA) is 29.3 Å². The second-order valence-corrected chi connectivity index (χ2v) is 5.59. The van der Waals surface area contributed by atoms with Crippen molar-refractivity contribution < 1.29 is 0 Å². The molecule has 1 aliphatic rings. The first-order valence-electron chi connectivity index (χ1n) is 7.23. The summed E-state index contributed by atoms with van der Waals surface area (Å²) >= 11 is 0. The summed E-state index contributed by atoms with van der Waals surface area (Å²) in [6, 6.07) is 9.27. The molecule has 2 atom stereocenters. The first kappa shape index (κ1) is 13.6. The number of nitrogens with two attached hydrogens (primary N) is 1. The molecule has 0 bridgehead atoms. The molecule has 2 N–H and O–H groups in total. The summed E-state index contributed by atoms with van der Waals surface area (Å²) in [4.78, 5) is 2.58. The van der Waals surface area contributed by atoms with Crippen LogP contribution in [-0.4, -0.2) is 24.0 Å². The monoisotopic (exact) mass is 246 g/mol. The fourth-order valence-corrected chi connectivity index (χ4v) is 3.01. The van der Waals surface area contributed by atoms with Crippen molar-refractivity contribution in [3.63, 3.8) is 0 Å². The van der Waals surface area contributed by atoms with Crippen molar-refractivity contribution in [3.05, 3.63) is 35.4 Å². The van der Waals surface area contributed by atoms with E-state index in [1.165, 1.54) is 36.9 Å². The maximum absolute atomic E-state index is 5.96. The number of nitrogens with zero attached hydrogens (tertiary/aromatic N) is 1. The molecular weight excluding hydrogens is 220 g/mol. The number of hydrogen-bond acceptors (Lipinski definition) is 2. The molecule has 1 saturated heterocycles. The highest BCUT2D eigenvalue weighted by molar-refractivity contribution is 5.25. The van der Waals surface area contributed by atoms with E-state index in [4.69, 9.17) is 5.73 Å². The number of benzene rings is 1. The second-order valence-electron chi connectivity index (χ2n) is 5.59. The molecule has 0 saturated carbocycles. The van der Waals surface area contributed by atoms with Gasteiger partial charge in [0.1, 0.15) is 0 Å². The lowest BCUT2D eigenvalue weighted by atomic mass is 9.88. The summed E-state index contributed by atoms with van der Waals surface area (Å²) in [6.07, 6.45) is 3.91. The van der Waals surface area contributed by atoms with Crippen LogP contribution in [-0.2, 0) is 6.54 Å². The Morgan fingerprint density at radius 2 is 2.11 bits per heavy atom. The van der Waals surface area contributed by atoms with E-state index in [0.29, 0.717) is 6.04 Å². The van der Waals surface area contributed by atoms with E-state index in [2.05, 4.69) is 43.0 Å². The van der Waals surface area contributed by atoms with Crippen LogP contribution in [0.4, 0.5) is 0 Å². The smallest absolute Gasteiger partial charge is 0.0239 e. The fraction of sp³-hybridized carbons (Fsp3) is 0.625. The summed E-state index contributed by atoms with van der Waals surface area (Å²) in [6.45, 7) is 7.56. The van der Waals surface area contributed by atoms with Gasteiger partial charge >= 0.3 is 0 Å². The van der Waals surface area contributed by atoms with Gasteiger partial charge in [0, 0.05) is 19.1 Å². The fourth-order valence-electron chi connectivity index (χ4n) is 3.01. The number of piperidine rings is 1. The van der Waals surface area contributed by atoms with Crippen LogP contribution in [0.25, 0.3) is 0 Å². The van der Waals surface area contributed by atoms with Crippen LogP contribution in [0, 0.1) is 12.8 Å². The Balaban J connectivity index is 2.02. The van der Waals surface area contributed by atoms with Crippen molar-refractivity contribution in [2.45, 2.75) is 45.7 Å². The highest BCUT2D eigenvalue weighted by Gasteiger charge is 2.26. The highest BCUT2D eigenvalue weighted by Crippen LogP contribution is 2.26. The Morgan fingerprint density at radius 3 is 2.78 bits per heavy atom. The first-order valence-corrected chi connectivity index (χ1v) is 7.23. The Labute approximate surface area is 111 Å². The van der Waals surface area contributed by atoms with E-state index >= 15 is 0 Å². The summed E-state index contributed by atoms with van der Waals surface area (Å²) in [5.41, 5.74) is 8.80. The van der Waals surface area contributed by atoms with Crippen molar-refractivity contribution in [1.29, 1.82) is 0 Å². The number of rotatable bonds is 4. The van der Waals surface area contributed by atoms with Crippen LogP contribution in [0.3, 0.4) is 0 Å². The maximum Gasteiger partial charge on any atom is 0.0239 e. The van der Waals surface area contributed by atoms with Gasteiger partial charge in [-0.25, -0.2) is 0 Å². The van der Waals surface area contributed by atoms with Crippen molar-refractivity contribution in [2.24, 2.45) is 11.7 Å². The molecular formula is C16H26N2. The lowest BCUT2D eigenvalue weighted by Gasteiger charge is -2.39. The van der Waals surface area contributed by atoms with Crippen LogP contribution in [0.5, 0.6) is 0 Å². The van der Waals surface area contributed by atoms with Gasteiger partial charge in [0.2, 0.25) is 0 Å².